The number of rotatable bonds is 3. The molecular weight excluding hydrogens is 348 g/mol. The normalized spacial score (nSPS) is 19.0. The first kappa shape index (κ1) is 19.2. The second kappa shape index (κ2) is 9.36. The van der Waals surface area contributed by atoms with E-state index >= 15 is 0 Å². The zero-order chi connectivity index (χ0) is 19.1. The third kappa shape index (κ3) is 5.43. The summed E-state index contributed by atoms with van der Waals surface area (Å²) in [4.78, 5) is 15.0. The number of aryl methyl sites for hydroxylation is 1. The summed E-state index contributed by atoms with van der Waals surface area (Å²) in [5.41, 5.74) is 5.08. The van der Waals surface area contributed by atoms with Crippen LogP contribution in [0.3, 0.4) is 0 Å². The zero-order valence-electron chi connectivity index (χ0n) is 15.5. The van der Waals surface area contributed by atoms with Gasteiger partial charge in [-0.2, -0.15) is 10.1 Å². The Labute approximate surface area is 158 Å². The third-order valence-electron chi connectivity index (χ3n) is 4.49. The molecule has 2 aromatic rings. The highest BCUT2D eigenvalue weighted by Crippen LogP contribution is 2.30. The van der Waals surface area contributed by atoms with Crippen LogP contribution in [0.1, 0.15) is 32.1 Å². The van der Waals surface area contributed by atoms with Crippen LogP contribution in [-0.2, 0) is 7.05 Å². The smallest absolute Gasteiger partial charge is 0.367 e. The van der Waals surface area contributed by atoms with Gasteiger partial charge in [0.25, 0.3) is 0 Å². The van der Waals surface area contributed by atoms with Gasteiger partial charge in [0.05, 0.1) is 0 Å². The fourth-order valence-electron chi connectivity index (χ4n) is 2.97. The molecule has 0 amide bonds. The SMILES string of the molecule is Cn1ncc(OC2CCCCC2)nc1=O.NCC1COc2ccccc2O1. The molecule has 1 saturated carbocycles. The van der Waals surface area contributed by atoms with Crippen LogP contribution in [0.25, 0.3) is 0 Å². The van der Waals surface area contributed by atoms with Crippen molar-refractivity contribution in [1.82, 2.24) is 14.8 Å². The van der Waals surface area contributed by atoms with Crippen molar-refractivity contribution in [2.24, 2.45) is 12.8 Å². The van der Waals surface area contributed by atoms with Crippen LogP contribution >= 0.6 is 0 Å². The lowest BCUT2D eigenvalue weighted by Crippen LogP contribution is -2.35. The maximum absolute atomic E-state index is 11.2. The molecule has 2 N–H and O–H groups in total. The monoisotopic (exact) mass is 374 g/mol. The van der Waals surface area contributed by atoms with Crippen molar-refractivity contribution in [3.63, 3.8) is 0 Å². The van der Waals surface area contributed by atoms with Gasteiger partial charge in [0.15, 0.2) is 11.5 Å². The molecule has 27 heavy (non-hydrogen) atoms. The Morgan fingerprint density at radius 1 is 1.22 bits per heavy atom. The van der Waals surface area contributed by atoms with Crippen LogP contribution in [0.15, 0.2) is 35.3 Å². The van der Waals surface area contributed by atoms with E-state index in [0.29, 0.717) is 19.0 Å². The molecule has 1 aromatic carbocycles. The molecule has 1 aliphatic heterocycles. The van der Waals surface area contributed by atoms with Crippen LogP contribution in [0.4, 0.5) is 0 Å². The fraction of sp³-hybridized carbons (Fsp3) is 0.526. The first-order chi connectivity index (χ1) is 13.2. The van der Waals surface area contributed by atoms with Gasteiger partial charge in [0, 0.05) is 13.6 Å². The van der Waals surface area contributed by atoms with E-state index in [4.69, 9.17) is 19.9 Å². The van der Waals surface area contributed by atoms with Crippen LogP contribution < -0.4 is 25.6 Å². The molecule has 0 radical (unpaired) electrons. The van der Waals surface area contributed by atoms with Crippen LogP contribution in [0.2, 0.25) is 0 Å². The van der Waals surface area contributed by atoms with Crippen LogP contribution in [0.5, 0.6) is 17.4 Å². The highest BCUT2D eigenvalue weighted by Gasteiger charge is 2.18. The summed E-state index contributed by atoms with van der Waals surface area (Å²) in [5.74, 6) is 1.95. The van der Waals surface area contributed by atoms with Gasteiger partial charge in [0.1, 0.15) is 25.0 Å². The van der Waals surface area contributed by atoms with Gasteiger partial charge < -0.3 is 19.9 Å². The van der Waals surface area contributed by atoms with Crippen LogP contribution in [0, 0.1) is 0 Å². The van der Waals surface area contributed by atoms with Gasteiger partial charge >= 0.3 is 5.69 Å². The summed E-state index contributed by atoms with van der Waals surface area (Å²) in [6.45, 7) is 1.04. The van der Waals surface area contributed by atoms with E-state index in [2.05, 4.69) is 10.1 Å². The highest BCUT2D eigenvalue weighted by atomic mass is 16.6. The molecule has 1 aliphatic carbocycles. The minimum atomic E-state index is -0.372. The molecule has 1 fully saturated rings. The van der Waals surface area contributed by atoms with E-state index in [1.807, 2.05) is 24.3 Å². The summed E-state index contributed by atoms with van der Waals surface area (Å²) < 4.78 is 17.7. The number of hydrogen-bond acceptors (Lipinski definition) is 7. The standard InChI is InChI=1S/C10H15N3O2.C9H11NO2/c1-13-10(14)12-9(7-11-13)15-8-5-3-2-4-6-8;10-5-7-6-11-8-3-1-2-4-9(8)12-7/h7-8H,2-6H2,1H3;1-4,7H,5-6,10H2. The third-order valence-corrected chi connectivity index (χ3v) is 4.49. The molecular formula is C19H26N4O4. The van der Waals surface area contributed by atoms with Gasteiger partial charge in [-0.25, -0.2) is 9.48 Å². The van der Waals surface area contributed by atoms with Crippen molar-refractivity contribution in [3.8, 4) is 17.4 Å². The van der Waals surface area contributed by atoms with E-state index in [9.17, 15) is 4.79 Å². The van der Waals surface area contributed by atoms with Crippen molar-refractivity contribution in [2.75, 3.05) is 13.2 Å². The van der Waals surface area contributed by atoms with E-state index in [1.165, 1.54) is 30.1 Å². The number of ether oxygens (including phenoxy) is 3. The summed E-state index contributed by atoms with van der Waals surface area (Å²) in [7, 11) is 1.57. The second-order valence-corrected chi connectivity index (χ2v) is 6.61. The number of benzene rings is 1. The number of aromatic nitrogens is 3. The van der Waals surface area contributed by atoms with Crippen LogP contribution in [-0.4, -0.2) is 40.1 Å². The first-order valence-corrected chi connectivity index (χ1v) is 9.31. The molecule has 1 aromatic heterocycles. The lowest BCUT2D eigenvalue weighted by Gasteiger charge is -2.25. The summed E-state index contributed by atoms with van der Waals surface area (Å²) in [6, 6.07) is 7.62. The molecule has 0 saturated heterocycles. The minimum Gasteiger partial charge on any atom is -0.486 e. The molecule has 8 heteroatoms. The van der Waals surface area contributed by atoms with E-state index < -0.39 is 0 Å². The molecule has 0 spiro atoms. The maximum atomic E-state index is 11.2. The predicted molar refractivity (Wildman–Crippen MR) is 100 cm³/mol. The Bertz CT molecular complexity index is 789. The van der Waals surface area contributed by atoms with Gasteiger partial charge in [-0.05, 0) is 37.8 Å². The average molecular weight is 374 g/mol. The number of fused-ring (bicyclic) bond motifs is 1. The lowest BCUT2D eigenvalue weighted by molar-refractivity contribution is 0.0969. The first-order valence-electron chi connectivity index (χ1n) is 9.31. The quantitative estimate of drug-likeness (QED) is 0.872. The Kier molecular flexibility index (Phi) is 6.64. The molecule has 146 valence electrons. The number of nitrogens with two attached hydrogens (primary N) is 1. The lowest BCUT2D eigenvalue weighted by atomic mass is 9.98. The second-order valence-electron chi connectivity index (χ2n) is 6.61. The van der Waals surface area contributed by atoms with Gasteiger partial charge in [-0.1, -0.05) is 18.6 Å². The molecule has 2 heterocycles. The van der Waals surface area contributed by atoms with Gasteiger partial charge in [0.2, 0.25) is 5.88 Å². The minimum absolute atomic E-state index is 0.0000926. The molecule has 8 nitrogen and oxygen atoms in total. The summed E-state index contributed by atoms with van der Waals surface area (Å²) in [6.07, 6.45) is 7.48. The van der Waals surface area contributed by atoms with Gasteiger partial charge in [-0.15, -0.1) is 0 Å². The highest BCUT2D eigenvalue weighted by molar-refractivity contribution is 5.40. The van der Waals surface area contributed by atoms with E-state index in [1.54, 1.807) is 7.05 Å². The molecule has 0 bridgehead atoms. The largest absolute Gasteiger partial charge is 0.486 e. The Morgan fingerprint density at radius 3 is 2.67 bits per heavy atom. The van der Waals surface area contributed by atoms with Crippen molar-refractivity contribution in [1.29, 1.82) is 0 Å². The van der Waals surface area contributed by atoms with Crippen molar-refractivity contribution < 1.29 is 14.2 Å². The maximum Gasteiger partial charge on any atom is 0.367 e. The molecule has 4 rings (SSSR count). The Balaban J connectivity index is 0.000000159. The van der Waals surface area contributed by atoms with E-state index in [0.717, 1.165) is 24.3 Å². The van der Waals surface area contributed by atoms with E-state index in [-0.39, 0.29) is 17.9 Å². The van der Waals surface area contributed by atoms with Crippen molar-refractivity contribution in [3.05, 3.63) is 40.9 Å². The summed E-state index contributed by atoms with van der Waals surface area (Å²) in [5, 5.41) is 3.86. The number of nitrogens with zero attached hydrogens (tertiary/aromatic N) is 3. The number of para-hydroxylation sites is 2. The zero-order valence-corrected chi connectivity index (χ0v) is 15.5. The fourth-order valence-corrected chi connectivity index (χ4v) is 2.97. The predicted octanol–water partition coefficient (Wildman–Crippen LogP) is 1.67. The Hall–Kier alpha value is -2.61. The van der Waals surface area contributed by atoms with Gasteiger partial charge in [-0.3, -0.25) is 0 Å². The topological polar surface area (TPSA) is 101 Å². The molecule has 2 aliphatic rings. The molecule has 1 unspecified atom stereocenters. The van der Waals surface area contributed by atoms with Crippen molar-refractivity contribution >= 4 is 0 Å². The molecule has 1 atom stereocenters. The number of hydrogen-bond donors (Lipinski definition) is 1. The Morgan fingerprint density at radius 2 is 1.96 bits per heavy atom. The average Bonchev–Trinajstić information content (AvgIpc) is 2.71. The van der Waals surface area contributed by atoms with Crippen molar-refractivity contribution in [2.45, 2.75) is 44.3 Å². The summed E-state index contributed by atoms with van der Waals surface area (Å²) >= 11 is 0.